The van der Waals surface area contributed by atoms with Crippen LogP contribution < -0.4 is 0 Å². The lowest BCUT2D eigenvalue weighted by atomic mass is 10.0. The minimum Gasteiger partial charge on any atom is -0.394 e. The fourth-order valence-electron chi connectivity index (χ4n) is 1.63. The van der Waals surface area contributed by atoms with E-state index in [1.165, 1.54) is 0 Å². The predicted molar refractivity (Wildman–Crippen MR) is 89.6 cm³/mol. The zero-order valence-electron chi connectivity index (χ0n) is 12.9. The summed E-state index contributed by atoms with van der Waals surface area (Å²) in [5.41, 5.74) is 0. The molecular weight excluding hydrogens is 312 g/mol. The van der Waals surface area contributed by atoms with Crippen molar-refractivity contribution in [1.29, 1.82) is 0 Å². The maximum Gasteiger partial charge on any atom is 0.111 e. The van der Waals surface area contributed by atoms with Crippen molar-refractivity contribution in [3.05, 3.63) is 0 Å². The van der Waals surface area contributed by atoms with Gasteiger partial charge in [-0.25, -0.2) is 0 Å². The van der Waals surface area contributed by atoms with Crippen LogP contribution in [-0.2, 0) is 0 Å². The molecule has 0 heterocycles. The second-order valence-electron chi connectivity index (χ2n) is 5.04. The van der Waals surface area contributed by atoms with Crippen molar-refractivity contribution in [3.8, 4) is 0 Å². The Kier molecular flexibility index (Phi) is 13.3. The van der Waals surface area contributed by atoms with E-state index in [9.17, 15) is 20.4 Å². The van der Waals surface area contributed by atoms with Crippen molar-refractivity contribution < 1.29 is 25.5 Å². The fraction of sp³-hybridized carbons (Fsp3) is 1.00. The van der Waals surface area contributed by atoms with Gasteiger partial charge in [0.15, 0.2) is 0 Å². The van der Waals surface area contributed by atoms with E-state index in [-0.39, 0.29) is 4.58 Å². The lowest BCUT2D eigenvalue weighted by Gasteiger charge is -2.30. The predicted octanol–water partition coefficient (Wildman–Crippen LogP) is 0.815. The molecule has 0 rings (SSSR count). The van der Waals surface area contributed by atoms with Crippen molar-refractivity contribution in [3.63, 3.8) is 0 Å². The number of unbranched alkanes of at least 4 members (excludes halogenated alkanes) is 2. The summed E-state index contributed by atoms with van der Waals surface area (Å²) in [7, 11) is 0. The Morgan fingerprint density at radius 3 is 1.62 bits per heavy atom. The maximum absolute atomic E-state index is 10.2. The smallest absolute Gasteiger partial charge is 0.111 e. The normalized spacial score (nSPS) is 17.7. The van der Waals surface area contributed by atoms with Gasteiger partial charge in [0.2, 0.25) is 0 Å². The molecule has 0 fully saturated rings. The second-order valence-corrected chi connectivity index (χ2v) is 7.84. The van der Waals surface area contributed by atoms with Crippen LogP contribution in [0.3, 0.4) is 0 Å². The summed E-state index contributed by atoms with van der Waals surface area (Å²) >= 11 is 3.13. The quantitative estimate of drug-likeness (QED) is 0.249. The Bertz CT molecular complexity index is 235. The van der Waals surface area contributed by atoms with E-state index in [1.807, 2.05) is 0 Å². The summed E-state index contributed by atoms with van der Waals surface area (Å²) in [6.45, 7) is 3.53. The summed E-state index contributed by atoms with van der Waals surface area (Å²) in [6, 6.07) is 0. The summed E-state index contributed by atoms with van der Waals surface area (Å²) < 4.78 is -0.251. The molecule has 5 nitrogen and oxygen atoms in total. The van der Waals surface area contributed by atoms with Gasteiger partial charge in [-0.1, -0.05) is 26.7 Å². The van der Waals surface area contributed by atoms with Gasteiger partial charge in [0.05, 0.1) is 11.2 Å². The number of rotatable bonds is 13. The van der Waals surface area contributed by atoms with Crippen molar-refractivity contribution in [2.75, 3.05) is 18.1 Å². The highest BCUT2D eigenvalue weighted by molar-refractivity contribution is 8.17. The highest BCUT2D eigenvalue weighted by Crippen LogP contribution is 2.31. The number of thioether (sulfide) groups is 2. The SMILES string of the molecule is CCCCSC(SCCCC)[C@H](O)[C@@H](O)[C@H](O)[C@H](O)CO. The molecule has 0 amide bonds. The maximum atomic E-state index is 10.2. The molecule has 0 saturated carbocycles. The van der Waals surface area contributed by atoms with Crippen LogP contribution in [0.5, 0.6) is 0 Å². The monoisotopic (exact) mass is 342 g/mol. The average Bonchev–Trinajstić information content (AvgIpc) is 2.50. The van der Waals surface area contributed by atoms with E-state index >= 15 is 0 Å². The Morgan fingerprint density at radius 2 is 1.24 bits per heavy atom. The highest BCUT2D eigenvalue weighted by atomic mass is 32.2. The average molecular weight is 343 g/mol. The molecule has 0 aromatic heterocycles. The number of hydrogen-bond acceptors (Lipinski definition) is 7. The van der Waals surface area contributed by atoms with E-state index in [2.05, 4.69) is 13.8 Å². The van der Waals surface area contributed by atoms with E-state index < -0.39 is 31.0 Å². The molecule has 0 spiro atoms. The first-order valence-corrected chi connectivity index (χ1v) is 9.65. The van der Waals surface area contributed by atoms with Gasteiger partial charge in [-0.05, 0) is 24.3 Å². The first-order chi connectivity index (χ1) is 9.99. The van der Waals surface area contributed by atoms with Gasteiger partial charge in [0.1, 0.15) is 24.4 Å². The molecule has 0 aliphatic carbocycles. The Balaban J connectivity index is 4.53. The standard InChI is InChI=1S/C14H30O5S2/c1-3-5-7-20-14(21-8-6-4-2)13(19)12(18)11(17)10(16)9-15/h10-19H,3-9H2,1-2H3/t10-,11-,12+,13-/m1/s1. The molecule has 0 aromatic carbocycles. The lowest BCUT2D eigenvalue weighted by molar-refractivity contribution is -0.111. The third-order valence-electron chi connectivity index (χ3n) is 3.12. The fourth-order valence-corrected chi connectivity index (χ4v) is 4.69. The molecule has 21 heavy (non-hydrogen) atoms. The number of aliphatic hydroxyl groups excluding tert-OH is 5. The van der Waals surface area contributed by atoms with E-state index in [0.29, 0.717) is 0 Å². The van der Waals surface area contributed by atoms with Crippen LogP contribution in [-0.4, -0.2) is 72.6 Å². The van der Waals surface area contributed by atoms with Gasteiger partial charge >= 0.3 is 0 Å². The van der Waals surface area contributed by atoms with Crippen LogP contribution >= 0.6 is 23.5 Å². The summed E-state index contributed by atoms with van der Waals surface area (Å²) in [5, 5.41) is 48.1. The van der Waals surface area contributed by atoms with Crippen LogP contribution in [0, 0.1) is 0 Å². The van der Waals surface area contributed by atoms with Gasteiger partial charge in [-0.3, -0.25) is 0 Å². The topological polar surface area (TPSA) is 101 Å². The summed E-state index contributed by atoms with van der Waals surface area (Å²) in [5.74, 6) is 1.76. The van der Waals surface area contributed by atoms with Crippen molar-refractivity contribution in [2.45, 2.75) is 68.5 Å². The van der Waals surface area contributed by atoms with Crippen LogP contribution in [0.4, 0.5) is 0 Å². The molecule has 4 atom stereocenters. The summed E-state index contributed by atoms with van der Waals surface area (Å²) in [4.78, 5) is 0. The van der Waals surface area contributed by atoms with Gasteiger partial charge in [0.25, 0.3) is 0 Å². The largest absolute Gasteiger partial charge is 0.394 e. The Labute approximate surface area is 136 Å². The molecule has 5 N–H and O–H groups in total. The van der Waals surface area contributed by atoms with Crippen LogP contribution in [0.15, 0.2) is 0 Å². The third-order valence-corrected chi connectivity index (χ3v) is 6.20. The van der Waals surface area contributed by atoms with E-state index in [1.54, 1.807) is 23.5 Å². The van der Waals surface area contributed by atoms with Gasteiger partial charge < -0.3 is 25.5 Å². The van der Waals surface area contributed by atoms with Crippen LogP contribution in [0.25, 0.3) is 0 Å². The molecule has 0 radical (unpaired) electrons. The number of hydrogen-bond donors (Lipinski definition) is 5. The van der Waals surface area contributed by atoms with Crippen molar-refractivity contribution in [2.24, 2.45) is 0 Å². The molecule has 0 unspecified atom stereocenters. The molecule has 0 saturated heterocycles. The van der Waals surface area contributed by atoms with E-state index in [4.69, 9.17) is 5.11 Å². The zero-order valence-corrected chi connectivity index (χ0v) is 14.5. The molecule has 7 heteroatoms. The molecular formula is C14H30O5S2. The van der Waals surface area contributed by atoms with Crippen molar-refractivity contribution >= 4 is 23.5 Å². The summed E-state index contributed by atoms with van der Waals surface area (Å²) in [6.07, 6.45) is -1.44. The van der Waals surface area contributed by atoms with Gasteiger partial charge in [-0.2, -0.15) is 0 Å². The van der Waals surface area contributed by atoms with Gasteiger partial charge in [0, 0.05) is 0 Å². The first-order valence-electron chi connectivity index (χ1n) is 7.55. The van der Waals surface area contributed by atoms with Gasteiger partial charge in [-0.15, -0.1) is 23.5 Å². The second kappa shape index (κ2) is 13.0. The van der Waals surface area contributed by atoms with Crippen LogP contribution in [0.2, 0.25) is 0 Å². The van der Waals surface area contributed by atoms with E-state index in [0.717, 1.165) is 37.2 Å². The first kappa shape index (κ1) is 21.5. The molecule has 0 aromatic rings. The Morgan fingerprint density at radius 1 is 0.762 bits per heavy atom. The lowest BCUT2D eigenvalue weighted by Crippen LogP contribution is -2.48. The molecule has 128 valence electrons. The highest BCUT2D eigenvalue weighted by Gasteiger charge is 2.35. The third kappa shape index (κ3) is 8.64. The molecule has 0 aliphatic heterocycles. The van der Waals surface area contributed by atoms with Crippen molar-refractivity contribution in [1.82, 2.24) is 0 Å². The van der Waals surface area contributed by atoms with Crippen LogP contribution in [0.1, 0.15) is 39.5 Å². The zero-order chi connectivity index (χ0) is 16.3. The minimum atomic E-state index is -1.55. The Hall–Kier alpha value is 0.500. The minimum absolute atomic E-state index is 0.251. The number of aliphatic hydroxyl groups is 5. The molecule has 0 bridgehead atoms. The molecule has 0 aliphatic rings.